The van der Waals surface area contributed by atoms with E-state index in [1.165, 1.54) is 36.5 Å². The molecule has 56 heavy (non-hydrogen) atoms. The molecule has 15 heteroatoms. The highest BCUT2D eigenvalue weighted by Crippen LogP contribution is 2.22. The Kier molecular flexibility index (Phi) is 10.8. The lowest BCUT2D eigenvalue weighted by molar-refractivity contribution is 0.0923. The van der Waals surface area contributed by atoms with Crippen LogP contribution in [0.5, 0.6) is 0 Å². The quantitative estimate of drug-likeness (QED) is 0.141. The van der Waals surface area contributed by atoms with Crippen LogP contribution in [0.1, 0.15) is 32.2 Å². The molecule has 0 aliphatic carbocycles. The number of hydrogen-bond acceptors (Lipinski definition) is 10. The molecule has 5 heterocycles. The molecular weight excluding hydrogens is 753 g/mol. The Balaban J connectivity index is 0.000000172. The third-order valence-corrected chi connectivity index (χ3v) is 12.0. The number of hydrogen-bond donors (Lipinski definition) is 3. The molecule has 2 amide bonds. The summed E-state index contributed by atoms with van der Waals surface area (Å²) in [5, 5.41) is 6.36. The van der Waals surface area contributed by atoms with E-state index in [0.717, 1.165) is 16.5 Å². The maximum atomic E-state index is 12.6. The Morgan fingerprint density at radius 3 is 1.91 bits per heavy atom. The zero-order chi connectivity index (χ0) is 39.1. The SMILES string of the molecule is O=C(NCc1ccc(S(=O)(=O)c2ccccc2)cc1)c1cc2ncccc2o1.O=C(NCc1ccc(S(=O)(=O)c2ccccc2)nc1)c1cc2cnccc2[nH]1. The van der Waals surface area contributed by atoms with Crippen molar-refractivity contribution in [3.8, 4) is 0 Å². The average molecular weight is 785 g/mol. The Morgan fingerprint density at radius 2 is 1.25 bits per heavy atom. The second kappa shape index (κ2) is 16.2. The number of amides is 2. The molecule has 3 aromatic carbocycles. The predicted octanol–water partition coefficient (Wildman–Crippen LogP) is 6.31. The van der Waals surface area contributed by atoms with Gasteiger partial charge in [0, 0.05) is 54.8 Å². The van der Waals surface area contributed by atoms with Gasteiger partial charge in [0.25, 0.3) is 11.8 Å². The van der Waals surface area contributed by atoms with Crippen LogP contribution in [-0.4, -0.2) is 48.6 Å². The van der Waals surface area contributed by atoms with Gasteiger partial charge in [0.15, 0.2) is 16.4 Å². The highest BCUT2D eigenvalue weighted by atomic mass is 32.2. The number of H-pyrrole nitrogens is 1. The number of fused-ring (bicyclic) bond motifs is 2. The van der Waals surface area contributed by atoms with Crippen LogP contribution in [0.15, 0.2) is 176 Å². The van der Waals surface area contributed by atoms with Crippen LogP contribution < -0.4 is 10.6 Å². The van der Waals surface area contributed by atoms with Crippen molar-refractivity contribution < 1.29 is 30.8 Å². The lowest BCUT2D eigenvalue weighted by atomic mass is 10.2. The van der Waals surface area contributed by atoms with Gasteiger partial charge < -0.3 is 20.0 Å². The second-order valence-electron chi connectivity index (χ2n) is 12.3. The van der Waals surface area contributed by atoms with Gasteiger partial charge in [-0.25, -0.2) is 21.8 Å². The summed E-state index contributed by atoms with van der Waals surface area (Å²) >= 11 is 0. The molecule has 0 unspecified atom stereocenters. The van der Waals surface area contributed by atoms with Gasteiger partial charge in [-0.15, -0.1) is 0 Å². The first kappa shape index (κ1) is 37.3. The summed E-state index contributed by atoms with van der Waals surface area (Å²) in [6.45, 7) is 0.472. The van der Waals surface area contributed by atoms with Crippen molar-refractivity contribution in [3.05, 3.63) is 175 Å². The van der Waals surface area contributed by atoms with E-state index in [1.807, 2.05) is 0 Å². The minimum absolute atomic E-state index is 0.0307. The zero-order valence-corrected chi connectivity index (χ0v) is 31.0. The average Bonchev–Trinajstić information content (AvgIpc) is 3.89. The topological polar surface area (TPSA) is 194 Å². The van der Waals surface area contributed by atoms with E-state index in [-0.39, 0.29) is 50.4 Å². The monoisotopic (exact) mass is 784 g/mol. The van der Waals surface area contributed by atoms with E-state index < -0.39 is 19.7 Å². The van der Waals surface area contributed by atoms with E-state index in [4.69, 9.17) is 4.42 Å². The largest absolute Gasteiger partial charge is 0.449 e. The van der Waals surface area contributed by atoms with Crippen LogP contribution in [0.3, 0.4) is 0 Å². The van der Waals surface area contributed by atoms with Crippen molar-refractivity contribution >= 4 is 53.5 Å². The molecule has 0 aliphatic rings. The molecule has 0 spiro atoms. The van der Waals surface area contributed by atoms with Crippen LogP contribution in [0.2, 0.25) is 0 Å². The second-order valence-corrected chi connectivity index (χ2v) is 16.1. The van der Waals surface area contributed by atoms with Crippen molar-refractivity contribution in [1.29, 1.82) is 0 Å². The number of furan rings is 1. The summed E-state index contributed by atoms with van der Waals surface area (Å²) in [4.78, 5) is 40.5. The predicted molar refractivity (Wildman–Crippen MR) is 207 cm³/mol. The normalized spacial score (nSPS) is 11.4. The number of carbonyl (C=O) groups excluding carboxylic acids is 2. The molecule has 0 atom stereocenters. The molecule has 0 saturated carbocycles. The summed E-state index contributed by atoms with van der Waals surface area (Å²) in [6.07, 6.45) is 6.41. The molecular formula is C41H32N6O7S2. The Labute approximate surface area is 321 Å². The van der Waals surface area contributed by atoms with E-state index in [1.54, 1.807) is 116 Å². The molecule has 0 radical (unpaired) electrons. The summed E-state index contributed by atoms with van der Waals surface area (Å²) in [5.74, 6) is -0.451. The van der Waals surface area contributed by atoms with Crippen molar-refractivity contribution in [1.82, 2.24) is 30.6 Å². The third-order valence-electron chi connectivity index (χ3n) is 8.50. The van der Waals surface area contributed by atoms with Crippen molar-refractivity contribution in [3.63, 3.8) is 0 Å². The standard InChI is InChI=1S/C21H16N2O4S.C20H16N4O3S/c24-21(20-13-18-19(27-20)7-4-12-22-18)23-14-15-8-10-17(11-9-15)28(25,26)16-5-2-1-3-6-16;25-20(18-10-15-13-21-9-8-17(15)24-18)23-12-14-6-7-19(22-11-14)28(26,27)16-4-2-1-3-5-16/h1-13H,14H2,(H,23,24);1-11,13,24H,12H2,(H,23,25). The van der Waals surface area contributed by atoms with Crippen LogP contribution in [0.25, 0.3) is 22.0 Å². The summed E-state index contributed by atoms with van der Waals surface area (Å²) in [5.41, 5.74) is 3.88. The van der Waals surface area contributed by atoms with Crippen molar-refractivity contribution in [2.24, 2.45) is 0 Å². The number of pyridine rings is 3. The number of aromatic nitrogens is 4. The third kappa shape index (κ3) is 8.38. The fraction of sp³-hybridized carbons (Fsp3) is 0.0488. The summed E-state index contributed by atoms with van der Waals surface area (Å²) in [7, 11) is -7.21. The minimum Gasteiger partial charge on any atom is -0.449 e. The Morgan fingerprint density at radius 1 is 0.607 bits per heavy atom. The number of rotatable bonds is 10. The van der Waals surface area contributed by atoms with Gasteiger partial charge >= 0.3 is 0 Å². The molecule has 8 rings (SSSR count). The first-order chi connectivity index (χ1) is 27.1. The van der Waals surface area contributed by atoms with E-state index in [9.17, 15) is 26.4 Å². The van der Waals surface area contributed by atoms with Gasteiger partial charge in [0.05, 0.1) is 14.7 Å². The summed E-state index contributed by atoms with van der Waals surface area (Å²) < 4.78 is 55.7. The van der Waals surface area contributed by atoms with Gasteiger partial charge in [0.2, 0.25) is 19.7 Å². The van der Waals surface area contributed by atoms with Gasteiger partial charge in [0.1, 0.15) is 11.2 Å². The number of benzene rings is 3. The molecule has 0 aliphatic heterocycles. The fourth-order valence-electron chi connectivity index (χ4n) is 5.54. The van der Waals surface area contributed by atoms with E-state index in [0.29, 0.717) is 22.4 Å². The maximum absolute atomic E-state index is 12.6. The van der Waals surface area contributed by atoms with Crippen LogP contribution in [0.4, 0.5) is 0 Å². The molecule has 0 fully saturated rings. The van der Waals surface area contributed by atoms with Crippen LogP contribution >= 0.6 is 0 Å². The molecule has 13 nitrogen and oxygen atoms in total. The van der Waals surface area contributed by atoms with E-state index in [2.05, 4.69) is 30.6 Å². The Bertz CT molecular complexity index is 2600. The summed E-state index contributed by atoms with van der Waals surface area (Å²) in [6, 6.07) is 34.5. The molecule has 8 aromatic rings. The molecule has 0 bridgehead atoms. The van der Waals surface area contributed by atoms with Gasteiger partial charge in [-0.2, -0.15) is 0 Å². The van der Waals surface area contributed by atoms with Gasteiger partial charge in [-0.1, -0.05) is 54.6 Å². The lowest BCUT2D eigenvalue weighted by Gasteiger charge is -2.07. The minimum atomic E-state index is -3.65. The first-order valence-corrected chi connectivity index (χ1v) is 20.0. The maximum Gasteiger partial charge on any atom is 0.287 e. The van der Waals surface area contributed by atoms with Gasteiger partial charge in [-0.05, 0) is 77.9 Å². The molecule has 3 N–H and O–H groups in total. The number of nitrogens with zero attached hydrogens (tertiary/aromatic N) is 3. The number of aromatic amines is 1. The van der Waals surface area contributed by atoms with Crippen molar-refractivity contribution in [2.45, 2.75) is 32.8 Å². The Hall–Kier alpha value is -6.97. The zero-order valence-electron chi connectivity index (χ0n) is 29.4. The number of nitrogens with one attached hydrogen (secondary N) is 3. The number of sulfone groups is 2. The lowest BCUT2D eigenvalue weighted by Crippen LogP contribution is -2.23. The highest BCUT2D eigenvalue weighted by molar-refractivity contribution is 7.91. The van der Waals surface area contributed by atoms with E-state index >= 15 is 0 Å². The van der Waals surface area contributed by atoms with Crippen LogP contribution in [-0.2, 0) is 32.8 Å². The first-order valence-electron chi connectivity index (χ1n) is 17.1. The van der Waals surface area contributed by atoms with Gasteiger partial charge in [-0.3, -0.25) is 19.6 Å². The van der Waals surface area contributed by atoms with Crippen molar-refractivity contribution in [2.75, 3.05) is 0 Å². The van der Waals surface area contributed by atoms with Crippen LogP contribution in [0, 0.1) is 0 Å². The smallest absolute Gasteiger partial charge is 0.287 e. The fourth-order valence-corrected chi connectivity index (χ4v) is 8.02. The highest BCUT2D eigenvalue weighted by Gasteiger charge is 2.20. The molecule has 5 aromatic heterocycles. The molecule has 280 valence electrons. The number of carbonyl (C=O) groups is 2. The molecule has 0 saturated heterocycles.